The topological polar surface area (TPSA) is 200 Å². The zero-order valence-corrected chi connectivity index (χ0v) is 16.7. The molecule has 0 bridgehead atoms. The number of halogens is 2. The van der Waals surface area contributed by atoms with Gasteiger partial charge >= 0.3 is 56.4 Å². The molecule has 0 aromatic carbocycles. The average molecular weight is 672 g/mol. The average Bonchev–Trinajstić information content (AvgIpc) is 2.29. The summed E-state index contributed by atoms with van der Waals surface area (Å²) in [5.41, 5.74) is 13.7. The van der Waals surface area contributed by atoms with Crippen molar-refractivity contribution in [2.45, 2.75) is 19.3 Å². The van der Waals surface area contributed by atoms with Gasteiger partial charge in [0.1, 0.15) is 0 Å². The smallest absolute Gasteiger partial charge is 0.00495 e. The second kappa shape index (κ2) is 62.3. The van der Waals surface area contributed by atoms with E-state index >= 15 is 0 Å². The minimum absolute atomic E-state index is 0. The minimum Gasteiger partial charge on any atom is -0.677 e. The van der Waals surface area contributed by atoms with Crippen LogP contribution in [-0.4, -0.2) is 26.2 Å². The maximum Gasteiger partial charge on any atom is -0.00495 e. The Bertz CT molecular complexity index is 71.8. The molecule has 0 aromatic rings. The van der Waals surface area contributed by atoms with Crippen molar-refractivity contribution in [3.8, 4) is 0 Å². The van der Waals surface area contributed by atoms with Crippen LogP contribution in [0.4, 0.5) is 0 Å². The molecule has 0 fully saturated rings. The molecule has 0 unspecified atom stereocenters. The molecule has 15 N–H and O–H groups in total. The Hall–Kier alpha value is 1.68. The van der Waals surface area contributed by atoms with E-state index in [0.29, 0.717) is 13.1 Å². The van der Waals surface area contributed by atoms with Crippen LogP contribution < -0.4 is 29.9 Å². The predicted molar refractivity (Wildman–Crippen MR) is 76.9 cm³/mol. The van der Waals surface area contributed by atoms with E-state index in [0.717, 1.165) is 32.4 Å². The van der Waals surface area contributed by atoms with Gasteiger partial charge in [-0.2, -0.15) is 6.54 Å². The van der Waals surface area contributed by atoms with Gasteiger partial charge < -0.3 is 41.4 Å². The third kappa shape index (κ3) is 65.3. The number of unbranched alkanes of at least 4 members (excludes halogenated alkanes) is 1. The number of nitrogens with one attached hydrogen (secondary N) is 3. The van der Waals surface area contributed by atoms with Gasteiger partial charge in [-0.25, -0.2) is 0 Å². The van der Waals surface area contributed by atoms with Crippen molar-refractivity contribution in [1.82, 2.24) is 29.9 Å². The molecule has 11 heteroatoms. The van der Waals surface area contributed by atoms with Gasteiger partial charge in [0.05, 0.1) is 0 Å². The van der Waals surface area contributed by atoms with Gasteiger partial charge in [-0.1, -0.05) is 12.8 Å². The van der Waals surface area contributed by atoms with Gasteiger partial charge in [-0.3, -0.25) is 0 Å². The Kier molecular flexibility index (Phi) is 148. The van der Waals surface area contributed by atoms with E-state index in [1.807, 2.05) is 0 Å². The molecule has 7 nitrogen and oxygen atoms in total. The van der Waals surface area contributed by atoms with Gasteiger partial charge in [-0.15, -0.1) is 6.54 Å². The molecule has 0 aliphatic heterocycles. The maximum atomic E-state index is 6.86. The Labute approximate surface area is 142 Å². The molecular formula is C7H29Cl2N7Pt2. The van der Waals surface area contributed by atoms with Crippen molar-refractivity contribution < 1.29 is 37.5 Å². The fourth-order valence-electron chi connectivity index (χ4n) is 0.713. The summed E-state index contributed by atoms with van der Waals surface area (Å²) >= 11 is 3.22. The van der Waals surface area contributed by atoms with Crippen LogP contribution in [0.25, 0.3) is 11.5 Å². The molecule has 0 aromatic heterocycles. The van der Waals surface area contributed by atoms with Gasteiger partial charge in [0.15, 0.2) is 0 Å². The Morgan fingerprint density at radius 1 is 0.667 bits per heavy atom. The van der Waals surface area contributed by atoms with Crippen LogP contribution >= 0.6 is 18.8 Å². The molecule has 0 radical (unpaired) electrons. The van der Waals surface area contributed by atoms with Crippen LogP contribution in [0.1, 0.15) is 19.3 Å². The number of hydrogen-bond acceptors (Lipinski definition) is 5. The van der Waals surface area contributed by atoms with Crippen molar-refractivity contribution in [3.63, 3.8) is 0 Å². The Morgan fingerprint density at radius 3 is 1.33 bits per heavy atom. The fraction of sp³-hybridized carbons (Fsp3) is 1.00. The zero-order chi connectivity index (χ0) is 11.7. The first-order valence-corrected chi connectivity index (χ1v) is 9.78. The third-order valence-electron chi connectivity index (χ3n) is 1.31. The third-order valence-corrected chi connectivity index (χ3v) is 1.31. The molecule has 18 heavy (non-hydrogen) atoms. The van der Waals surface area contributed by atoms with Gasteiger partial charge in [0.2, 0.25) is 0 Å². The normalized spacial score (nSPS) is 6.44. The first-order chi connectivity index (χ1) is 6.91. The van der Waals surface area contributed by atoms with Gasteiger partial charge in [0, 0.05) is 0 Å². The summed E-state index contributed by atoms with van der Waals surface area (Å²) < 4.78 is 0. The molecule has 0 aliphatic carbocycles. The number of hydrogen-bond donors (Lipinski definition) is 5. The van der Waals surface area contributed by atoms with Crippen molar-refractivity contribution in [1.29, 1.82) is 0 Å². The van der Waals surface area contributed by atoms with E-state index < -0.39 is 0 Å². The minimum atomic E-state index is 0. The van der Waals surface area contributed by atoms with Crippen molar-refractivity contribution in [2.75, 3.05) is 26.2 Å². The monoisotopic (exact) mass is 671 g/mol. The largest absolute Gasteiger partial charge is 0.677 e. The summed E-state index contributed by atoms with van der Waals surface area (Å²) in [5.74, 6) is 0. The van der Waals surface area contributed by atoms with Crippen LogP contribution in [0.3, 0.4) is 0 Å². The van der Waals surface area contributed by atoms with Gasteiger partial charge in [-0.05, 0) is 19.5 Å². The summed E-state index contributed by atoms with van der Waals surface area (Å²) in [6, 6.07) is 0. The summed E-state index contributed by atoms with van der Waals surface area (Å²) in [6.45, 7) is 3.03. The molecule has 0 heterocycles. The molecule has 126 valence electrons. The molecule has 0 amide bonds. The predicted octanol–water partition coefficient (Wildman–Crippen LogP) is 3.87. The van der Waals surface area contributed by atoms with Crippen molar-refractivity contribution in [3.05, 3.63) is 11.5 Å². The second-order valence-corrected chi connectivity index (χ2v) is 2.31. The van der Waals surface area contributed by atoms with Crippen LogP contribution in [0.5, 0.6) is 0 Å². The fourth-order valence-corrected chi connectivity index (χ4v) is 0.713. The quantitative estimate of drug-likeness (QED) is 0.255. The van der Waals surface area contributed by atoms with Crippen LogP contribution in [0.2, 0.25) is 0 Å². The second-order valence-electron chi connectivity index (χ2n) is 2.31. The first-order valence-electron chi connectivity index (χ1n) is 4.15. The van der Waals surface area contributed by atoms with E-state index in [9.17, 15) is 0 Å². The van der Waals surface area contributed by atoms with Crippen LogP contribution in [0, 0.1) is 0 Å². The van der Waals surface area contributed by atoms with Gasteiger partial charge in [0.25, 0.3) is 0 Å². The Balaban J connectivity index is -0.0000000275. The number of rotatable bonds is 7. The summed E-state index contributed by atoms with van der Waals surface area (Å²) in [5, 5.41) is 3.22. The van der Waals surface area contributed by atoms with E-state index in [2.05, 4.69) is 24.2 Å². The molecule has 0 saturated heterocycles. The molecular weight excluding hydrogens is 643 g/mol. The van der Waals surface area contributed by atoms with E-state index in [-0.39, 0.29) is 24.6 Å². The summed E-state index contributed by atoms with van der Waals surface area (Å²) in [4.78, 5) is 0. The molecule has 0 spiro atoms. The molecule has 0 saturated carbocycles. The van der Waals surface area contributed by atoms with Crippen molar-refractivity contribution in [2.24, 2.45) is 0 Å². The van der Waals surface area contributed by atoms with Crippen LogP contribution in [0.15, 0.2) is 0 Å². The summed E-state index contributed by atoms with van der Waals surface area (Å²) in [6.07, 6.45) is 3.04. The SMILES string of the molecule is N.N.N.N.[Cl][Pt+].[Cl][Pt+].[NH-]CCCCNCCC[NH-]. The summed E-state index contributed by atoms with van der Waals surface area (Å²) in [7, 11) is 9.22. The standard InChI is InChI=1S/C7H17N3.2ClH.4H3N.2Pt/c8-4-1-2-6-10-7-3-5-9;;;;;;;;/h8-10H,1-7H2;2*1H;4*1H3;;/q-2;;;;;;;2*+2/p-2. The maximum absolute atomic E-state index is 6.86. The first kappa shape index (κ1) is 42.7. The van der Waals surface area contributed by atoms with E-state index in [1.54, 1.807) is 37.5 Å². The van der Waals surface area contributed by atoms with E-state index in [1.165, 1.54) is 0 Å². The Morgan fingerprint density at radius 2 is 1.00 bits per heavy atom. The van der Waals surface area contributed by atoms with Crippen molar-refractivity contribution >= 4 is 18.8 Å². The molecule has 0 aliphatic rings. The van der Waals surface area contributed by atoms with Crippen LogP contribution in [-0.2, 0) is 37.5 Å². The van der Waals surface area contributed by atoms with E-state index in [4.69, 9.17) is 11.5 Å². The molecule has 0 atom stereocenters. The zero-order valence-electron chi connectivity index (χ0n) is 10.7. The molecule has 0 rings (SSSR count).